The quantitative estimate of drug-likeness (QED) is 0.639. The Bertz CT molecular complexity index is 893. The minimum absolute atomic E-state index is 0.189. The average molecular weight is 463 g/mol. The van der Waals surface area contributed by atoms with Crippen LogP contribution >= 0.6 is 15.9 Å². The molecule has 2 amide bonds. The topological polar surface area (TPSA) is 77.1 Å². The number of hydrogen-bond acceptors (Lipinski definition) is 5. The van der Waals surface area contributed by atoms with E-state index in [0.717, 1.165) is 15.7 Å². The smallest absolute Gasteiger partial charge is 0.239 e. The molecule has 0 aromatic heterocycles. The molecular weight excluding hydrogens is 440 g/mol. The summed E-state index contributed by atoms with van der Waals surface area (Å²) in [6, 6.07) is 11.0. The second-order valence-electron chi connectivity index (χ2n) is 6.56. The molecule has 1 heterocycles. The largest absolute Gasteiger partial charge is 0.493 e. The molecule has 0 bridgehead atoms. The molecule has 0 saturated carbocycles. The van der Waals surface area contributed by atoms with Gasteiger partial charge < -0.3 is 24.4 Å². The number of ether oxygens (including phenoxy) is 3. The van der Waals surface area contributed by atoms with Crippen molar-refractivity contribution in [2.45, 2.75) is 13.0 Å². The van der Waals surface area contributed by atoms with Gasteiger partial charge in [-0.2, -0.15) is 0 Å². The number of nitrogens with one attached hydrogen (secondary N) is 1. The molecule has 3 rings (SSSR count). The fourth-order valence-corrected chi connectivity index (χ4v) is 3.76. The molecule has 8 heteroatoms. The molecule has 0 spiro atoms. The molecule has 1 aliphatic heterocycles. The van der Waals surface area contributed by atoms with Crippen molar-refractivity contribution in [3.63, 3.8) is 0 Å². The van der Waals surface area contributed by atoms with Crippen molar-refractivity contribution < 1.29 is 23.8 Å². The number of nitrogens with zero attached hydrogens (tertiary/aromatic N) is 1. The van der Waals surface area contributed by atoms with Gasteiger partial charge in [-0.25, -0.2) is 0 Å². The first-order valence-corrected chi connectivity index (χ1v) is 9.91. The monoisotopic (exact) mass is 462 g/mol. The van der Waals surface area contributed by atoms with Crippen LogP contribution in [0.5, 0.6) is 17.2 Å². The Balaban J connectivity index is 1.68. The molecule has 29 heavy (non-hydrogen) atoms. The Morgan fingerprint density at radius 2 is 1.83 bits per heavy atom. The highest BCUT2D eigenvalue weighted by Crippen LogP contribution is 2.38. The number of amides is 2. The third-order valence-corrected chi connectivity index (χ3v) is 5.33. The van der Waals surface area contributed by atoms with E-state index in [-0.39, 0.29) is 18.4 Å². The number of benzene rings is 2. The third kappa shape index (κ3) is 4.48. The molecule has 1 saturated heterocycles. The van der Waals surface area contributed by atoms with Crippen molar-refractivity contribution in [1.29, 1.82) is 0 Å². The van der Waals surface area contributed by atoms with Crippen LogP contribution in [0.2, 0.25) is 0 Å². The highest BCUT2D eigenvalue weighted by molar-refractivity contribution is 9.10. The zero-order valence-electron chi connectivity index (χ0n) is 16.5. The molecule has 0 aliphatic carbocycles. The van der Waals surface area contributed by atoms with E-state index in [1.165, 1.54) is 21.3 Å². The van der Waals surface area contributed by atoms with Crippen LogP contribution in [0.15, 0.2) is 40.9 Å². The Morgan fingerprint density at radius 3 is 2.41 bits per heavy atom. The van der Waals surface area contributed by atoms with Gasteiger partial charge in [0, 0.05) is 23.2 Å². The molecule has 1 N–H and O–H groups in total. The Morgan fingerprint density at radius 1 is 1.14 bits per heavy atom. The van der Waals surface area contributed by atoms with Gasteiger partial charge in [-0.15, -0.1) is 0 Å². The predicted octanol–water partition coefficient (Wildman–Crippen LogP) is 3.14. The standard InChI is InChI=1S/C21H23BrN2O5/c1-27-17-9-13(10-18(28-2)19(17)29-3)12-23-20(25)16-7-8-24(21(16)26)15-6-4-5-14(22)11-15/h4-6,9-11,16H,7-8,12H2,1-3H3,(H,23,25). The molecule has 1 fully saturated rings. The first kappa shape index (κ1) is 21.0. The second-order valence-corrected chi connectivity index (χ2v) is 7.48. The lowest BCUT2D eigenvalue weighted by molar-refractivity contribution is -0.132. The van der Waals surface area contributed by atoms with Gasteiger partial charge in [-0.05, 0) is 42.3 Å². The van der Waals surface area contributed by atoms with Crippen molar-refractivity contribution >= 4 is 33.4 Å². The van der Waals surface area contributed by atoms with Crippen molar-refractivity contribution in [2.75, 3.05) is 32.8 Å². The van der Waals surface area contributed by atoms with E-state index in [0.29, 0.717) is 30.2 Å². The van der Waals surface area contributed by atoms with Gasteiger partial charge in [-0.3, -0.25) is 9.59 Å². The van der Waals surface area contributed by atoms with Crippen molar-refractivity contribution in [2.24, 2.45) is 5.92 Å². The number of anilines is 1. The van der Waals surface area contributed by atoms with Gasteiger partial charge >= 0.3 is 0 Å². The van der Waals surface area contributed by atoms with Gasteiger partial charge in [0.25, 0.3) is 0 Å². The highest BCUT2D eigenvalue weighted by atomic mass is 79.9. The van der Waals surface area contributed by atoms with Gasteiger partial charge in [0.1, 0.15) is 5.92 Å². The Labute approximate surface area is 178 Å². The minimum Gasteiger partial charge on any atom is -0.493 e. The molecule has 1 aliphatic rings. The van der Waals surface area contributed by atoms with Crippen LogP contribution < -0.4 is 24.4 Å². The van der Waals surface area contributed by atoms with Crippen LogP contribution in [0.3, 0.4) is 0 Å². The van der Waals surface area contributed by atoms with E-state index in [9.17, 15) is 9.59 Å². The average Bonchev–Trinajstić information content (AvgIpc) is 3.12. The maximum absolute atomic E-state index is 12.7. The molecule has 2 aromatic carbocycles. The first-order valence-electron chi connectivity index (χ1n) is 9.12. The summed E-state index contributed by atoms with van der Waals surface area (Å²) in [5.41, 5.74) is 1.56. The summed E-state index contributed by atoms with van der Waals surface area (Å²) < 4.78 is 16.9. The summed E-state index contributed by atoms with van der Waals surface area (Å²) in [7, 11) is 4.60. The van der Waals surface area contributed by atoms with Crippen LogP contribution in [-0.4, -0.2) is 39.7 Å². The van der Waals surface area contributed by atoms with Gasteiger partial charge in [0.05, 0.1) is 21.3 Å². The van der Waals surface area contributed by atoms with E-state index in [1.807, 2.05) is 24.3 Å². The second kappa shape index (κ2) is 9.17. The third-order valence-electron chi connectivity index (χ3n) is 4.83. The lowest BCUT2D eigenvalue weighted by Gasteiger charge is -2.17. The first-order chi connectivity index (χ1) is 14.0. The number of rotatable bonds is 7. The molecule has 1 unspecified atom stereocenters. The summed E-state index contributed by atoms with van der Waals surface area (Å²) in [6.07, 6.45) is 0.479. The van der Waals surface area contributed by atoms with Crippen molar-refractivity contribution in [1.82, 2.24) is 5.32 Å². The van der Waals surface area contributed by atoms with E-state index in [1.54, 1.807) is 17.0 Å². The van der Waals surface area contributed by atoms with Gasteiger partial charge in [-0.1, -0.05) is 22.0 Å². The zero-order valence-corrected chi connectivity index (χ0v) is 18.1. The van der Waals surface area contributed by atoms with Crippen molar-refractivity contribution in [3.05, 3.63) is 46.4 Å². The Hall–Kier alpha value is -2.74. The molecular formula is C21H23BrN2O5. The van der Waals surface area contributed by atoms with Crippen LogP contribution in [-0.2, 0) is 16.1 Å². The molecule has 2 aromatic rings. The summed E-state index contributed by atoms with van der Waals surface area (Å²) in [5, 5.41) is 2.85. The fourth-order valence-electron chi connectivity index (χ4n) is 3.37. The molecule has 154 valence electrons. The maximum atomic E-state index is 12.7. The lowest BCUT2D eigenvalue weighted by atomic mass is 10.1. The molecule has 1 atom stereocenters. The molecule has 0 radical (unpaired) electrons. The SMILES string of the molecule is COc1cc(CNC(=O)C2CCN(c3cccc(Br)c3)C2=O)cc(OC)c1OC. The summed E-state index contributed by atoms with van der Waals surface area (Å²) >= 11 is 3.41. The summed E-state index contributed by atoms with van der Waals surface area (Å²) in [5.74, 6) is 0.325. The minimum atomic E-state index is -0.698. The summed E-state index contributed by atoms with van der Waals surface area (Å²) in [6.45, 7) is 0.758. The predicted molar refractivity (Wildman–Crippen MR) is 113 cm³/mol. The van der Waals surface area contributed by atoms with E-state index >= 15 is 0 Å². The Kier molecular flexibility index (Phi) is 6.64. The number of carbonyl (C=O) groups is 2. The van der Waals surface area contributed by atoms with E-state index in [4.69, 9.17) is 14.2 Å². The normalized spacial score (nSPS) is 15.9. The highest BCUT2D eigenvalue weighted by Gasteiger charge is 2.37. The van der Waals surface area contributed by atoms with Crippen LogP contribution in [0.1, 0.15) is 12.0 Å². The van der Waals surface area contributed by atoms with Crippen LogP contribution in [0.25, 0.3) is 0 Å². The molecule has 7 nitrogen and oxygen atoms in total. The number of carbonyl (C=O) groups excluding carboxylic acids is 2. The summed E-state index contributed by atoms with van der Waals surface area (Å²) in [4.78, 5) is 27.0. The maximum Gasteiger partial charge on any atom is 0.239 e. The lowest BCUT2D eigenvalue weighted by Crippen LogP contribution is -2.36. The van der Waals surface area contributed by atoms with Crippen LogP contribution in [0, 0.1) is 5.92 Å². The number of methoxy groups -OCH3 is 3. The number of halogens is 1. The number of hydrogen-bond donors (Lipinski definition) is 1. The van der Waals surface area contributed by atoms with Gasteiger partial charge in [0.15, 0.2) is 11.5 Å². The van der Waals surface area contributed by atoms with Crippen LogP contribution in [0.4, 0.5) is 5.69 Å². The van der Waals surface area contributed by atoms with E-state index in [2.05, 4.69) is 21.2 Å². The van der Waals surface area contributed by atoms with E-state index < -0.39 is 5.92 Å². The van der Waals surface area contributed by atoms with Crippen molar-refractivity contribution in [3.8, 4) is 17.2 Å². The zero-order chi connectivity index (χ0) is 21.0. The van der Waals surface area contributed by atoms with Gasteiger partial charge in [0.2, 0.25) is 17.6 Å². The fraction of sp³-hybridized carbons (Fsp3) is 0.333.